The molecule has 2 rings (SSSR count). The molecule has 1 aliphatic carbocycles. The number of halogens is 2. The van der Waals surface area contributed by atoms with Crippen LogP contribution in [0.4, 0.5) is 4.39 Å². The molecule has 0 heterocycles. The first-order valence-electron chi connectivity index (χ1n) is 6.35. The monoisotopic (exact) mass is 364 g/mol. The van der Waals surface area contributed by atoms with Gasteiger partial charge in [-0.3, -0.25) is 4.39 Å². The second kappa shape index (κ2) is 10.1. The van der Waals surface area contributed by atoms with E-state index in [9.17, 15) is 4.39 Å². The van der Waals surface area contributed by atoms with E-state index in [0.717, 1.165) is 6.61 Å². The summed E-state index contributed by atoms with van der Waals surface area (Å²) in [5.41, 5.74) is 0.634. The van der Waals surface area contributed by atoms with E-state index in [4.69, 9.17) is 4.74 Å². The Labute approximate surface area is 126 Å². The Balaban J connectivity index is 0.000000771. The van der Waals surface area contributed by atoms with Crippen LogP contribution in [-0.2, 0) is 27.7 Å². The molecular weight excluding hydrogens is 348 g/mol. The van der Waals surface area contributed by atoms with Gasteiger partial charge in [-0.25, -0.2) is 0 Å². The summed E-state index contributed by atoms with van der Waals surface area (Å²) in [5, 5.41) is 0. The molecule has 1 fully saturated rings. The molecule has 0 unspecified atom stereocenters. The van der Waals surface area contributed by atoms with Crippen LogP contribution < -0.4 is 0 Å². The van der Waals surface area contributed by atoms with Gasteiger partial charge in [0, 0.05) is 12.4 Å². The summed E-state index contributed by atoms with van der Waals surface area (Å²) in [6.07, 6.45) is 6.54. The fourth-order valence-corrected chi connectivity index (χ4v) is 2.25. The maximum absolute atomic E-state index is 13.2. The average molecular weight is 367 g/mol. The van der Waals surface area contributed by atoms with E-state index in [1.807, 2.05) is 0 Å². The molecule has 0 radical (unpaired) electrons. The van der Waals surface area contributed by atoms with Crippen LogP contribution in [0.3, 0.4) is 0 Å². The summed E-state index contributed by atoms with van der Waals surface area (Å²) in [4.78, 5) is 0. The normalized spacial score (nSPS) is 16.0. The van der Waals surface area contributed by atoms with E-state index in [0.29, 0.717) is 18.1 Å². The predicted molar refractivity (Wildman–Crippen MR) is 70.4 cm³/mol. The Bertz CT molecular complexity index is 329. The second-order valence-corrected chi connectivity index (χ2v) is 4.54. The summed E-state index contributed by atoms with van der Waals surface area (Å²) < 4.78 is 18.8. The van der Waals surface area contributed by atoms with Crippen molar-refractivity contribution in [2.75, 3.05) is 6.61 Å². The van der Waals surface area contributed by atoms with E-state index >= 15 is 0 Å². The summed E-state index contributed by atoms with van der Waals surface area (Å²) in [7, 11) is 0. The Morgan fingerprint density at radius 2 is 2.06 bits per heavy atom. The number of hydrogen-bond donors (Lipinski definition) is 0. The minimum absolute atomic E-state index is 0.217. The van der Waals surface area contributed by atoms with Crippen LogP contribution in [0.1, 0.15) is 37.7 Å². The van der Waals surface area contributed by atoms with E-state index in [2.05, 4.69) is 19.7 Å². The minimum atomic E-state index is -0.217. The second-order valence-electron chi connectivity index (χ2n) is 4.54. The molecule has 0 aromatic heterocycles. The van der Waals surface area contributed by atoms with Crippen molar-refractivity contribution in [3.05, 3.63) is 35.6 Å². The van der Waals surface area contributed by atoms with E-state index in [1.54, 1.807) is 12.1 Å². The quantitative estimate of drug-likeness (QED) is 0.560. The Hall–Kier alpha value is 0.213. The van der Waals surface area contributed by atoms with Gasteiger partial charge in [0.05, 0.1) is 6.61 Å². The van der Waals surface area contributed by atoms with Crippen LogP contribution in [0.15, 0.2) is 18.2 Å². The predicted octanol–water partition coefficient (Wildman–Crippen LogP) is 4.57. The molecule has 0 N–H and O–H groups in total. The summed E-state index contributed by atoms with van der Waals surface area (Å²) in [5.74, 6) is 0.471. The molecule has 0 spiro atoms. The molecule has 0 bridgehead atoms. The van der Waals surface area contributed by atoms with E-state index < -0.39 is 0 Å². The summed E-state index contributed by atoms with van der Waals surface area (Å²) in [6.45, 7) is 1.16. The van der Waals surface area contributed by atoms with Crippen molar-refractivity contribution in [1.29, 1.82) is 0 Å². The van der Waals surface area contributed by atoms with Gasteiger partial charge < -0.3 is 4.74 Å². The Morgan fingerprint density at radius 3 is 2.72 bits per heavy atom. The zero-order valence-electron chi connectivity index (χ0n) is 10.6. The number of hydrogen-bond acceptors (Lipinski definition) is 1. The molecule has 0 amide bonds. The molecule has 0 atom stereocenters. The molecular formula is C14H18BrFOZn. The molecule has 0 aliphatic heterocycles. The van der Waals surface area contributed by atoms with Crippen LogP contribution in [0.5, 0.6) is 0 Å². The van der Waals surface area contributed by atoms with Gasteiger partial charge in [-0.05, 0) is 18.8 Å². The van der Waals surface area contributed by atoms with Crippen molar-refractivity contribution in [2.45, 2.75) is 38.7 Å². The SMILES string of the molecule is Fc1c[c-]ccc1COCC1CCCCC1.[Zn+][Br]. The van der Waals surface area contributed by atoms with Crippen molar-refractivity contribution in [3.8, 4) is 0 Å². The first kappa shape index (κ1) is 16.3. The fourth-order valence-electron chi connectivity index (χ4n) is 2.25. The number of ether oxygens (including phenoxy) is 1. The third kappa shape index (κ3) is 5.90. The number of rotatable bonds is 4. The zero-order chi connectivity index (χ0) is 13.2. The first-order chi connectivity index (χ1) is 8.86. The van der Waals surface area contributed by atoms with Crippen molar-refractivity contribution in [1.82, 2.24) is 0 Å². The van der Waals surface area contributed by atoms with Gasteiger partial charge in [0.25, 0.3) is 0 Å². The van der Waals surface area contributed by atoms with Gasteiger partial charge in [-0.15, -0.1) is 6.07 Å². The van der Waals surface area contributed by atoms with Crippen LogP contribution in [0, 0.1) is 17.8 Å². The average Bonchev–Trinajstić information content (AvgIpc) is 2.44. The van der Waals surface area contributed by atoms with Gasteiger partial charge in [0.2, 0.25) is 0 Å². The topological polar surface area (TPSA) is 9.23 Å². The molecule has 1 nitrogen and oxygen atoms in total. The summed E-state index contributed by atoms with van der Waals surface area (Å²) >= 11 is 4.25. The molecule has 0 saturated heterocycles. The fraction of sp³-hybridized carbons (Fsp3) is 0.571. The summed E-state index contributed by atoms with van der Waals surface area (Å²) in [6, 6.07) is 7.53. The molecule has 18 heavy (non-hydrogen) atoms. The third-order valence-corrected chi connectivity index (χ3v) is 3.23. The van der Waals surface area contributed by atoms with Gasteiger partial charge in [-0.2, -0.15) is 18.2 Å². The first-order valence-corrected chi connectivity index (χ1v) is 13.3. The van der Waals surface area contributed by atoms with Crippen LogP contribution in [0.2, 0.25) is 0 Å². The molecule has 1 aliphatic rings. The third-order valence-electron chi connectivity index (χ3n) is 3.23. The van der Waals surface area contributed by atoms with Crippen LogP contribution in [-0.4, -0.2) is 6.61 Å². The standard InChI is InChI=1S/C14H18FO.BrH.Zn/c15-14-9-5-4-8-13(14)11-16-10-12-6-2-1-3-7-12;;/h4,8-9,12H,1-3,6-7,10-11H2;1H;/q-1;;+2/p-1. The van der Waals surface area contributed by atoms with E-state index in [-0.39, 0.29) is 5.82 Å². The van der Waals surface area contributed by atoms with E-state index in [1.165, 1.54) is 54.5 Å². The molecule has 1 aromatic carbocycles. The Morgan fingerprint density at radius 1 is 1.33 bits per heavy atom. The molecule has 96 valence electrons. The number of benzene rings is 1. The van der Waals surface area contributed by atoms with Crippen LogP contribution >= 0.6 is 13.6 Å². The van der Waals surface area contributed by atoms with Gasteiger partial charge in [0.15, 0.2) is 0 Å². The van der Waals surface area contributed by atoms with Gasteiger partial charge in [0.1, 0.15) is 0 Å². The van der Waals surface area contributed by atoms with Gasteiger partial charge >= 0.3 is 30.0 Å². The van der Waals surface area contributed by atoms with Crippen molar-refractivity contribution < 1.29 is 25.5 Å². The molecule has 4 heteroatoms. The van der Waals surface area contributed by atoms with Gasteiger partial charge in [-0.1, -0.05) is 24.8 Å². The van der Waals surface area contributed by atoms with Crippen molar-refractivity contribution >= 4 is 13.6 Å². The van der Waals surface area contributed by atoms with Crippen LogP contribution in [0.25, 0.3) is 0 Å². The molecule has 1 saturated carbocycles. The van der Waals surface area contributed by atoms with Crippen molar-refractivity contribution in [3.63, 3.8) is 0 Å². The Kier molecular flexibility index (Phi) is 9.09. The van der Waals surface area contributed by atoms with Crippen molar-refractivity contribution in [2.24, 2.45) is 5.92 Å². The zero-order valence-corrected chi connectivity index (χ0v) is 15.2. The molecule has 1 aromatic rings. The maximum atomic E-state index is 13.2.